The molecule has 2 N–H and O–H groups in total. The van der Waals surface area contributed by atoms with Crippen molar-refractivity contribution in [1.29, 1.82) is 5.26 Å². The van der Waals surface area contributed by atoms with Gasteiger partial charge in [0.1, 0.15) is 6.07 Å². The van der Waals surface area contributed by atoms with Crippen LogP contribution in [0.25, 0.3) is 0 Å². The van der Waals surface area contributed by atoms with E-state index in [0.717, 1.165) is 12.8 Å². The molecule has 4 nitrogen and oxygen atoms in total. The lowest BCUT2D eigenvalue weighted by Gasteiger charge is -2.08. The number of pyridine rings is 1. The highest BCUT2D eigenvalue weighted by Crippen LogP contribution is 2.19. The van der Waals surface area contributed by atoms with Crippen molar-refractivity contribution >= 4 is 5.69 Å². The largest absolute Gasteiger partial charge is 0.476 e. The number of rotatable bonds is 5. The summed E-state index contributed by atoms with van der Waals surface area (Å²) in [5, 5.41) is 8.64. The van der Waals surface area contributed by atoms with Gasteiger partial charge in [-0.3, -0.25) is 0 Å². The minimum atomic E-state index is 0.419. The van der Waals surface area contributed by atoms with Crippen LogP contribution in [0.3, 0.4) is 0 Å². The summed E-state index contributed by atoms with van der Waals surface area (Å²) in [7, 11) is 0. The monoisotopic (exact) mass is 219 g/mol. The number of nitriles is 1. The number of nitrogen functional groups attached to an aromatic ring is 1. The number of anilines is 1. The number of ether oxygens (including phenoxy) is 1. The SMILES string of the molecule is CC(C)CCCOc1ncc(C#N)cc1N. The minimum Gasteiger partial charge on any atom is -0.476 e. The fourth-order valence-corrected chi connectivity index (χ4v) is 1.31. The van der Waals surface area contributed by atoms with Crippen LogP contribution in [0.5, 0.6) is 5.88 Å². The summed E-state index contributed by atoms with van der Waals surface area (Å²) in [5.41, 5.74) is 6.57. The molecule has 0 unspecified atom stereocenters. The quantitative estimate of drug-likeness (QED) is 0.771. The van der Waals surface area contributed by atoms with E-state index in [1.807, 2.05) is 6.07 Å². The van der Waals surface area contributed by atoms with Crippen LogP contribution in [0.2, 0.25) is 0 Å². The fraction of sp³-hybridized carbons (Fsp3) is 0.500. The molecule has 16 heavy (non-hydrogen) atoms. The molecule has 0 aliphatic heterocycles. The first-order chi connectivity index (χ1) is 7.63. The number of nitrogens with two attached hydrogens (primary N) is 1. The highest BCUT2D eigenvalue weighted by atomic mass is 16.5. The normalized spacial score (nSPS) is 10.1. The summed E-state index contributed by atoms with van der Waals surface area (Å²) in [6, 6.07) is 3.55. The van der Waals surface area contributed by atoms with Crippen molar-refractivity contribution in [2.24, 2.45) is 5.92 Å². The molecule has 0 radical (unpaired) electrons. The molecule has 0 aliphatic carbocycles. The molecule has 0 bridgehead atoms. The van der Waals surface area contributed by atoms with Gasteiger partial charge in [-0.05, 0) is 24.8 Å². The molecule has 0 aliphatic rings. The van der Waals surface area contributed by atoms with E-state index in [2.05, 4.69) is 18.8 Å². The molecule has 86 valence electrons. The molecule has 0 saturated carbocycles. The number of hydrogen-bond acceptors (Lipinski definition) is 4. The summed E-state index contributed by atoms with van der Waals surface area (Å²) < 4.78 is 5.44. The zero-order valence-corrected chi connectivity index (χ0v) is 9.73. The Labute approximate surface area is 96.1 Å². The first kappa shape index (κ1) is 12.3. The maximum atomic E-state index is 8.64. The van der Waals surface area contributed by atoms with Gasteiger partial charge in [-0.25, -0.2) is 4.98 Å². The summed E-state index contributed by atoms with van der Waals surface area (Å²) in [6.45, 7) is 4.96. The Hall–Kier alpha value is -1.76. The molecule has 1 heterocycles. The van der Waals surface area contributed by atoms with E-state index in [4.69, 9.17) is 15.7 Å². The van der Waals surface area contributed by atoms with Gasteiger partial charge in [0.25, 0.3) is 0 Å². The number of aromatic nitrogens is 1. The zero-order chi connectivity index (χ0) is 12.0. The van der Waals surface area contributed by atoms with Crippen LogP contribution in [0, 0.1) is 17.2 Å². The predicted molar refractivity (Wildman–Crippen MR) is 62.9 cm³/mol. The van der Waals surface area contributed by atoms with Crippen LogP contribution in [0.1, 0.15) is 32.3 Å². The lowest BCUT2D eigenvalue weighted by Crippen LogP contribution is -2.03. The summed E-state index contributed by atoms with van der Waals surface area (Å²) in [6.07, 6.45) is 3.57. The first-order valence-electron chi connectivity index (χ1n) is 5.42. The van der Waals surface area contributed by atoms with Crippen LogP contribution >= 0.6 is 0 Å². The summed E-state index contributed by atoms with van der Waals surface area (Å²) in [5.74, 6) is 1.10. The van der Waals surface area contributed by atoms with Crippen molar-refractivity contribution in [2.45, 2.75) is 26.7 Å². The smallest absolute Gasteiger partial charge is 0.237 e. The third-order valence-corrected chi connectivity index (χ3v) is 2.17. The maximum absolute atomic E-state index is 8.64. The molecular weight excluding hydrogens is 202 g/mol. The Bertz CT molecular complexity index is 382. The zero-order valence-electron chi connectivity index (χ0n) is 9.73. The topological polar surface area (TPSA) is 71.9 Å². The van der Waals surface area contributed by atoms with Gasteiger partial charge in [0, 0.05) is 6.20 Å². The van der Waals surface area contributed by atoms with Gasteiger partial charge in [0.15, 0.2) is 0 Å². The molecule has 0 amide bonds. The highest BCUT2D eigenvalue weighted by Gasteiger charge is 2.03. The number of hydrogen-bond donors (Lipinski definition) is 1. The fourth-order valence-electron chi connectivity index (χ4n) is 1.31. The number of nitrogens with zero attached hydrogens (tertiary/aromatic N) is 2. The lowest BCUT2D eigenvalue weighted by atomic mass is 10.1. The van der Waals surface area contributed by atoms with E-state index in [1.54, 1.807) is 6.07 Å². The maximum Gasteiger partial charge on any atom is 0.237 e. The van der Waals surface area contributed by atoms with Crippen LogP contribution in [0.15, 0.2) is 12.3 Å². The lowest BCUT2D eigenvalue weighted by molar-refractivity contribution is 0.289. The molecular formula is C12H17N3O. The van der Waals surface area contributed by atoms with Gasteiger partial charge in [-0.15, -0.1) is 0 Å². The Morgan fingerprint density at radius 1 is 1.56 bits per heavy atom. The molecule has 0 fully saturated rings. The van der Waals surface area contributed by atoms with E-state index in [-0.39, 0.29) is 0 Å². The molecule has 0 aromatic carbocycles. The van der Waals surface area contributed by atoms with E-state index in [0.29, 0.717) is 29.7 Å². The Balaban J connectivity index is 2.46. The van der Waals surface area contributed by atoms with E-state index in [1.165, 1.54) is 6.20 Å². The second kappa shape index (κ2) is 5.96. The molecule has 0 saturated heterocycles. The molecule has 1 rings (SSSR count). The minimum absolute atomic E-state index is 0.419. The molecule has 0 atom stereocenters. The van der Waals surface area contributed by atoms with Crippen molar-refractivity contribution in [1.82, 2.24) is 4.98 Å². The van der Waals surface area contributed by atoms with Gasteiger partial charge < -0.3 is 10.5 Å². The van der Waals surface area contributed by atoms with Crippen molar-refractivity contribution in [3.05, 3.63) is 17.8 Å². The summed E-state index contributed by atoms with van der Waals surface area (Å²) in [4.78, 5) is 4.00. The summed E-state index contributed by atoms with van der Waals surface area (Å²) >= 11 is 0. The molecule has 1 aromatic rings. The van der Waals surface area contributed by atoms with Gasteiger partial charge in [0.05, 0.1) is 17.9 Å². The third kappa shape index (κ3) is 3.77. The van der Waals surface area contributed by atoms with Crippen molar-refractivity contribution < 1.29 is 4.74 Å². The van der Waals surface area contributed by atoms with E-state index >= 15 is 0 Å². The predicted octanol–water partition coefficient (Wildman–Crippen LogP) is 2.35. The Morgan fingerprint density at radius 2 is 2.31 bits per heavy atom. The van der Waals surface area contributed by atoms with Crippen molar-refractivity contribution in [3.63, 3.8) is 0 Å². The second-order valence-electron chi connectivity index (χ2n) is 4.11. The second-order valence-corrected chi connectivity index (χ2v) is 4.11. The van der Waals surface area contributed by atoms with Gasteiger partial charge in [0.2, 0.25) is 5.88 Å². The average molecular weight is 219 g/mol. The molecule has 4 heteroatoms. The van der Waals surface area contributed by atoms with Crippen LogP contribution in [-0.4, -0.2) is 11.6 Å². The first-order valence-corrected chi connectivity index (χ1v) is 5.42. The molecule has 1 aromatic heterocycles. The van der Waals surface area contributed by atoms with Crippen LogP contribution in [0.4, 0.5) is 5.69 Å². The Morgan fingerprint density at radius 3 is 2.88 bits per heavy atom. The average Bonchev–Trinajstić information content (AvgIpc) is 2.25. The van der Waals surface area contributed by atoms with Gasteiger partial charge >= 0.3 is 0 Å². The molecule has 0 spiro atoms. The Kier molecular flexibility index (Phi) is 4.59. The van der Waals surface area contributed by atoms with Crippen LogP contribution in [-0.2, 0) is 0 Å². The van der Waals surface area contributed by atoms with Crippen molar-refractivity contribution in [2.75, 3.05) is 12.3 Å². The highest BCUT2D eigenvalue weighted by molar-refractivity contribution is 5.51. The third-order valence-electron chi connectivity index (χ3n) is 2.17. The van der Waals surface area contributed by atoms with E-state index < -0.39 is 0 Å². The van der Waals surface area contributed by atoms with Crippen molar-refractivity contribution in [3.8, 4) is 11.9 Å². The standard InChI is InChI=1S/C12H17N3O/c1-9(2)4-3-5-16-12-11(14)6-10(7-13)8-15-12/h6,8-9H,3-5,14H2,1-2H3. The van der Waals surface area contributed by atoms with Crippen LogP contribution < -0.4 is 10.5 Å². The van der Waals surface area contributed by atoms with E-state index in [9.17, 15) is 0 Å². The van der Waals surface area contributed by atoms with Gasteiger partial charge in [-0.2, -0.15) is 5.26 Å². The van der Waals surface area contributed by atoms with Gasteiger partial charge in [-0.1, -0.05) is 13.8 Å².